The molecule has 2 nitrogen and oxygen atoms in total. The van der Waals surface area contributed by atoms with Gasteiger partial charge >= 0.3 is 0 Å². The van der Waals surface area contributed by atoms with Gasteiger partial charge in [0.25, 0.3) is 0 Å². The highest BCUT2D eigenvalue weighted by Crippen LogP contribution is 2.12. The molecule has 108 valence electrons. The van der Waals surface area contributed by atoms with Crippen LogP contribution in [0, 0.1) is 0 Å². The van der Waals surface area contributed by atoms with Gasteiger partial charge in [0.15, 0.2) is 11.6 Å². The second-order valence-electron chi connectivity index (χ2n) is 5.58. The van der Waals surface area contributed by atoms with Crippen molar-refractivity contribution in [2.75, 3.05) is 0 Å². The number of carbonyl (C=O) groups is 2. The van der Waals surface area contributed by atoms with Crippen molar-refractivity contribution in [1.29, 1.82) is 0 Å². The third kappa shape index (κ3) is 8.74. The van der Waals surface area contributed by atoms with Crippen molar-refractivity contribution in [3.63, 3.8) is 0 Å². The topological polar surface area (TPSA) is 34.1 Å². The average Bonchev–Trinajstić information content (AvgIpc) is 2.41. The molecular weight excluding hydrogens is 236 g/mol. The fourth-order valence-corrected chi connectivity index (χ4v) is 2.49. The van der Waals surface area contributed by atoms with Gasteiger partial charge in [-0.2, -0.15) is 0 Å². The van der Waals surface area contributed by atoms with Gasteiger partial charge in [0.2, 0.25) is 0 Å². The normalized spacial score (nSPS) is 22.1. The van der Waals surface area contributed by atoms with E-state index in [1.54, 1.807) is 0 Å². The summed E-state index contributed by atoms with van der Waals surface area (Å²) in [7, 11) is 0. The summed E-state index contributed by atoms with van der Waals surface area (Å²) in [6, 6.07) is 0. The second-order valence-corrected chi connectivity index (χ2v) is 5.58. The van der Waals surface area contributed by atoms with E-state index in [4.69, 9.17) is 0 Å². The van der Waals surface area contributed by atoms with E-state index in [2.05, 4.69) is 12.2 Å². The lowest BCUT2D eigenvalue weighted by molar-refractivity contribution is -0.136. The average molecular weight is 264 g/mol. The molecule has 0 radical (unpaired) electrons. The molecule has 1 rings (SSSR count). The molecule has 0 aromatic heterocycles. The number of allylic oxidation sites excluding steroid dienone is 2. The molecule has 2 heteroatoms. The van der Waals surface area contributed by atoms with E-state index in [9.17, 15) is 9.59 Å². The van der Waals surface area contributed by atoms with Crippen molar-refractivity contribution >= 4 is 11.6 Å². The van der Waals surface area contributed by atoms with Gasteiger partial charge in [-0.3, -0.25) is 9.59 Å². The molecule has 19 heavy (non-hydrogen) atoms. The van der Waals surface area contributed by atoms with Crippen molar-refractivity contribution in [1.82, 2.24) is 0 Å². The van der Waals surface area contributed by atoms with Crippen molar-refractivity contribution in [3.8, 4) is 0 Å². The molecule has 0 bridgehead atoms. The van der Waals surface area contributed by atoms with Crippen LogP contribution in [-0.4, -0.2) is 11.6 Å². The lowest BCUT2D eigenvalue weighted by Crippen LogP contribution is -2.13. The Morgan fingerprint density at radius 1 is 0.526 bits per heavy atom. The van der Waals surface area contributed by atoms with Crippen molar-refractivity contribution < 1.29 is 9.59 Å². The molecule has 0 fully saturated rings. The number of ketones is 2. The molecule has 0 saturated carbocycles. The molecule has 0 N–H and O–H groups in total. The van der Waals surface area contributed by atoms with Gasteiger partial charge in [0.05, 0.1) is 0 Å². The lowest BCUT2D eigenvalue weighted by Gasteiger charge is -2.01. The van der Waals surface area contributed by atoms with Crippen molar-refractivity contribution in [2.24, 2.45) is 0 Å². The molecule has 1 aliphatic rings. The zero-order valence-corrected chi connectivity index (χ0v) is 12.2. The fraction of sp³-hybridized carbons (Fsp3) is 0.765. The highest BCUT2D eigenvalue weighted by atomic mass is 16.2. The van der Waals surface area contributed by atoms with Gasteiger partial charge in [-0.05, 0) is 38.5 Å². The number of Topliss-reactive ketones (excluding diaryl/α,β-unsaturated/α-hetero) is 2. The summed E-state index contributed by atoms with van der Waals surface area (Å²) >= 11 is 0. The van der Waals surface area contributed by atoms with Crippen LogP contribution in [0.5, 0.6) is 0 Å². The highest BCUT2D eigenvalue weighted by molar-refractivity contribution is 6.37. The van der Waals surface area contributed by atoms with Crippen LogP contribution in [0.4, 0.5) is 0 Å². The monoisotopic (exact) mass is 264 g/mol. The maximum absolute atomic E-state index is 11.6. The number of hydrogen-bond donors (Lipinski definition) is 0. The Balaban J connectivity index is 2.29. The molecule has 0 aromatic carbocycles. The van der Waals surface area contributed by atoms with Crippen molar-refractivity contribution in [2.45, 2.75) is 83.5 Å². The SMILES string of the molecule is O=C1CCCCC=CCCCCCCCCCC1=O. The lowest BCUT2D eigenvalue weighted by atomic mass is 10.0. The molecule has 0 amide bonds. The van der Waals surface area contributed by atoms with E-state index >= 15 is 0 Å². The summed E-state index contributed by atoms with van der Waals surface area (Å²) in [6.07, 6.45) is 17.9. The maximum atomic E-state index is 11.6. The number of hydrogen-bond acceptors (Lipinski definition) is 2. The Bertz CT molecular complexity index is 292. The Morgan fingerprint density at radius 2 is 0.895 bits per heavy atom. The first-order chi connectivity index (χ1) is 9.30. The van der Waals surface area contributed by atoms with Gasteiger partial charge < -0.3 is 0 Å². The van der Waals surface area contributed by atoms with Gasteiger partial charge in [0.1, 0.15) is 0 Å². The van der Waals surface area contributed by atoms with Crippen LogP contribution in [-0.2, 0) is 9.59 Å². The van der Waals surface area contributed by atoms with Crippen molar-refractivity contribution in [3.05, 3.63) is 12.2 Å². The summed E-state index contributed by atoms with van der Waals surface area (Å²) < 4.78 is 0. The van der Waals surface area contributed by atoms with Gasteiger partial charge in [-0.1, -0.05) is 44.3 Å². The molecule has 0 aliphatic heterocycles. The maximum Gasteiger partial charge on any atom is 0.198 e. The molecule has 0 spiro atoms. The molecule has 0 unspecified atom stereocenters. The highest BCUT2D eigenvalue weighted by Gasteiger charge is 2.12. The van der Waals surface area contributed by atoms with Crippen LogP contribution in [0.15, 0.2) is 12.2 Å². The van der Waals surface area contributed by atoms with Gasteiger partial charge in [-0.15, -0.1) is 0 Å². The van der Waals surface area contributed by atoms with Crippen LogP contribution in [0.2, 0.25) is 0 Å². The summed E-state index contributed by atoms with van der Waals surface area (Å²) in [4.78, 5) is 23.2. The third-order valence-electron chi connectivity index (χ3n) is 3.78. The minimum atomic E-state index is -0.145. The molecule has 0 aromatic rings. The van der Waals surface area contributed by atoms with E-state index in [1.165, 1.54) is 38.5 Å². The predicted molar refractivity (Wildman–Crippen MR) is 79.2 cm³/mol. The number of rotatable bonds is 0. The van der Waals surface area contributed by atoms with Crippen LogP contribution >= 0.6 is 0 Å². The second kappa shape index (κ2) is 11.0. The summed E-state index contributed by atoms with van der Waals surface area (Å²) in [5.41, 5.74) is 0. The molecule has 0 saturated heterocycles. The van der Waals surface area contributed by atoms with Crippen LogP contribution in [0.25, 0.3) is 0 Å². The van der Waals surface area contributed by atoms with Gasteiger partial charge in [0, 0.05) is 12.8 Å². The first-order valence-electron chi connectivity index (χ1n) is 8.02. The van der Waals surface area contributed by atoms with E-state index in [0.29, 0.717) is 12.8 Å². The van der Waals surface area contributed by atoms with E-state index in [1.807, 2.05) is 0 Å². The van der Waals surface area contributed by atoms with Crippen LogP contribution in [0.1, 0.15) is 83.5 Å². The standard InChI is InChI=1S/C17H28O2/c18-16-14-12-10-8-6-4-2-1-3-5-7-9-11-13-15-17(16)19/h4,6H,1-3,5,7-15H2. The first kappa shape index (κ1) is 16.1. The fourth-order valence-electron chi connectivity index (χ4n) is 2.49. The summed E-state index contributed by atoms with van der Waals surface area (Å²) in [5, 5.41) is 0. The van der Waals surface area contributed by atoms with Crippen LogP contribution in [0.3, 0.4) is 0 Å². The largest absolute Gasteiger partial charge is 0.291 e. The smallest absolute Gasteiger partial charge is 0.198 e. The zero-order chi connectivity index (χ0) is 13.8. The molecule has 0 heterocycles. The third-order valence-corrected chi connectivity index (χ3v) is 3.78. The van der Waals surface area contributed by atoms with E-state index < -0.39 is 0 Å². The molecule has 1 aliphatic carbocycles. The Morgan fingerprint density at radius 3 is 1.47 bits per heavy atom. The predicted octanol–water partition coefficient (Wildman–Crippen LogP) is 4.77. The molecule has 0 atom stereocenters. The van der Waals surface area contributed by atoms with Gasteiger partial charge in [-0.25, -0.2) is 0 Å². The summed E-state index contributed by atoms with van der Waals surface area (Å²) in [5.74, 6) is -0.284. The zero-order valence-electron chi connectivity index (χ0n) is 12.2. The first-order valence-corrected chi connectivity index (χ1v) is 8.02. The molecular formula is C17H28O2. The summed E-state index contributed by atoms with van der Waals surface area (Å²) in [6.45, 7) is 0. The Hall–Kier alpha value is -0.920. The Labute approximate surface area is 117 Å². The Kier molecular flexibility index (Phi) is 9.30. The van der Waals surface area contributed by atoms with E-state index in [-0.39, 0.29) is 11.6 Å². The van der Waals surface area contributed by atoms with Crippen LogP contribution < -0.4 is 0 Å². The van der Waals surface area contributed by atoms with E-state index in [0.717, 1.165) is 32.1 Å². The minimum Gasteiger partial charge on any atom is -0.291 e. The number of carbonyl (C=O) groups excluding carboxylic acids is 2. The minimum absolute atomic E-state index is 0.139. The quantitative estimate of drug-likeness (QED) is 0.466.